The summed E-state index contributed by atoms with van der Waals surface area (Å²) < 4.78 is 30.6. The van der Waals surface area contributed by atoms with Gasteiger partial charge in [-0.1, -0.05) is 17.7 Å². The normalized spacial score (nSPS) is 16.1. The SMILES string of the molecule is CN1CCc2nc3c(F)c(-c4c(O)cccc4F)c(Cl)cc3c(N3CCN(C(=O)O)CC3)c2C1=O. The fourth-order valence-corrected chi connectivity index (χ4v) is 5.06. The number of carbonyl (C=O) groups is 2. The number of anilines is 1. The third-order valence-electron chi connectivity index (χ3n) is 6.57. The van der Waals surface area contributed by atoms with Crippen LogP contribution in [0.3, 0.4) is 0 Å². The molecule has 0 saturated carbocycles. The number of halogens is 3. The van der Waals surface area contributed by atoms with Crippen LogP contribution in [0.15, 0.2) is 24.3 Å². The number of aromatic hydroxyl groups is 1. The Balaban J connectivity index is 1.78. The van der Waals surface area contributed by atoms with E-state index in [2.05, 4.69) is 4.98 Å². The van der Waals surface area contributed by atoms with Crippen LogP contribution in [0.5, 0.6) is 5.75 Å². The van der Waals surface area contributed by atoms with E-state index in [0.29, 0.717) is 29.9 Å². The van der Waals surface area contributed by atoms with Gasteiger partial charge in [0.05, 0.1) is 27.5 Å². The van der Waals surface area contributed by atoms with Crippen molar-refractivity contribution in [2.45, 2.75) is 6.42 Å². The molecule has 0 atom stereocenters. The van der Waals surface area contributed by atoms with Gasteiger partial charge in [0.25, 0.3) is 5.91 Å². The number of likely N-dealkylation sites (N-methyl/N-ethyl adjacent to an activating group) is 1. The lowest BCUT2D eigenvalue weighted by atomic mass is 9.95. The zero-order valence-corrected chi connectivity index (χ0v) is 19.4. The molecule has 1 fully saturated rings. The Hall–Kier alpha value is -3.66. The van der Waals surface area contributed by atoms with Crippen LogP contribution < -0.4 is 4.90 Å². The highest BCUT2D eigenvalue weighted by molar-refractivity contribution is 6.34. The zero-order chi connectivity index (χ0) is 25.0. The van der Waals surface area contributed by atoms with Crippen molar-refractivity contribution in [3.05, 3.63) is 52.2 Å². The number of fused-ring (bicyclic) bond motifs is 2. The third kappa shape index (κ3) is 3.68. The predicted octanol–water partition coefficient (Wildman–Crippen LogP) is 3.97. The Bertz CT molecular complexity index is 1370. The van der Waals surface area contributed by atoms with Gasteiger partial charge in [-0.2, -0.15) is 0 Å². The maximum absolute atomic E-state index is 16.0. The lowest BCUT2D eigenvalue weighted by Gasteiger charge is -2.38. The first-order valence-corrected chi connectivity index (χ1v) is 11.4. The maximum Gasteiger partial charge on any atom is 0.407 e. The van der Waals surface area contributed by atoms with Gasteiger partial charge >= 0.3 is 6.09 Å². The molecule has 0 spiro atoms. The summed E-state index contributed by atoms with van der Waals surface area (Å²) in [5.74, 6) is -2.49. The predicted molar refractivity (Wildman–Crippen MR) is 126 cm³/mol. The van der Waals surface area contributed by atoms with Crippen molar-refractivity contribution in [1.29, 1.82) is 0 Å². The van der Waals surface area contributed by atoms with Crippen LogP contribution in [0.25, 0.3) is 22.0 Å². The van der Waals surface area contributed by atoms with Crippen molar-refractivity contribution in [2.75, 3.05) is 44.7 Å². The molecule has 0 aliphatic carbocycles. The maximum atomic E-state index is 16.0. The number of pyridine rings is 1. The van der Waals surface area contributed by atoms with Crippen molar-refractivity contribution < 1.29 is 28.6 Å². The topological polar surface area (TPSA) is 97.2 Å². The molecule has 2 aliphatic heterocycles. The van der Waals surface area contributed by atoms with E-state index in [1.54, 1.807) is 11.9 Å². The van der Waals surface area contributed by atoms with Crippen LogP contribution in [0.1, 0.15) is 16.1 Å². The van der Waals surface area contributed by atoms with Crippen LogP contribution >= 0.6 is 11.6 Å². The smallest absolute Gasteiger partial charge is 0.407 e. The first-order chi connectivity index (χ1) is 16.7. The van der Waals surface area contributed by atoms with Crippen LogP contribution in [-0.2, 0) is 6.42 Å². The number of aromatic nitrogens is 1. The van der Waals surface area contributed by atoms with Crippen LogP contribution in [0.4, 0.5) is 19.3 Å². The highest BCUT2D eigenvalue weighted by atomic mass is 35.5. The fraction of sp³-hybridized carbons (Fsp3) is 0.292. The van der Waals surface area contributed by atoms with Crippen LogP contribution in [0, 0.1) is 11.6 Å². The molecule has 2 N–H and O–H groups in total. The average Bonchev–Trinajstić information content (AvgIpc) is 2.82. The van der Waals surface area contributed by atoms with E-state index in [1.807, 2.05) is 4.90 Å². The van der Waals surface area contributed by atoms with Crippen LogP contribution in [-0.4, -0.2) is 76.8 Å². The molecule has 8 nitrogen and oxygen atoms in total. The molecule has 2 aromatic carbocycles. The molecule has 0 radical (unpaired) electrons. The molecule has 3 heterocycles. The Morgan fingerprint density at radius 1 is 1.09 bits per heavy atom. The summed E-state index contributed by atoms with van der Waals surface area (Å²) in [5, 5.41) is 19.7. The largest absolute Gasteiger partial charge is 0.507 e. The summed E-state index contributed by atoms with van der Waals surface area (Å²) in [6.45, 7) is 1.37. The van der Waals surface area contributed by atoms with Gasteiger partial charge in [0, 0.05) is 57.1 Å². The number of phenolic OH excluding ortho intramolecular Hbond substituents is 1. The Morgan fingerprint density at radius 2 is 1.80 bits per heavy atom. The van der Waals surface area contributed by atoms with Crippen LogP contribution in [0.2, 0.25) is 5.02 Å². The number of phenols is 1. The van der Waals surface area contributed by atoms with E-state index in [9.17, 15) is 24.2 Å². The van der Waals surface area contributed by atoms with Crippen molar-refractivity contribution >= 4 is 40.2 Å². The van der Waals surface area contributed by atoms with E-state index in [-0.39, 0.29) is 59.1 Å². The van der Waals surface area contributed by atoms with Crippen molar-refractivity contribution in [3.8, 4) is 16.9 Å². The second-order valence-corrected chi connectivity index (χ2v) is 9.00. The van der Waals surface area contributed by atoms with E-state index >= 15 is 4.39 Å². The lowest BCUT2D eigenvalue weighted by molar-refractivity contribution is 0.0779. The Kier molecular flexibility index (Phi) is 5.63. The molecule has 2 aliphatic rings. The number of amides is 2. The van der Waals surface area contributed by atoms with E-state index in [4.69, 9.17) is 11.6 Å². The van der Waals surface area contributed by atoms with Crippen molar-refractivity contribution in [1.82, 2.24) is 14.8 Å². The molecule has 182 valence electrons. The van der Waals surface area contributed by atoms with Gasteiger partial charge in [-0.3, -0.25) is 4.79 Å². The number of carboxylic acid groups (broad SMARTS) is 1. The lowest BCUT2D eigenvalue weighted by Crippen LogP contribution is -2.49. The number of carbonyl (C=O) groups excluding carboxylic acids is 1. The fourth-order valence-electron chi connectivity index (χ4n) is 4.77. The van der Waals surface area contributed by atoms with Gasteiger partial charge in [0.1, 0.15) is 17.1 Å². The van der Waals surface area contributed by atoms with Gasteiger partial charge < -0.3 is 24.9 Å². The molecule has 2 amide bonds. The minimum Gasteiger partial charge on any atom is -0.507 e. The third-order valence-corrected chi connectivity index (χ3v) is 6.87. The van der Waals surface area contributed by atoms with E-state index < -0.39 is 23.5 Å². The summed E-state index contributed by atoms with van der Waals surface area (Å²) >= 11 is 6.47. The number of nitrogens with zero attached hydrogens (tertiary/aromatic N) is 4. The first-order valence-electron chi connectivity index (χ1n) is 11.0. The van der Waals surface area contributed by atoms with Gasteiger partial charge in [0.2, 0.25) is 0 Å². The molecular formula is C24H21ClF2N4O4. The van der Waals surface area contributed by atoms with E-state index in [0.717, 1.165) is 6.07 Å². The van der Waals surface area contributed by atoms with Crippen molar-refractivity contribution in [3.63, 3.8) is 0 Å². The molecule has 3 aromatic rings. The number of piperazine rings is 1. The second kappa shape index (κ2) is 8.53. The average molecular weight is 503 g/mol. The highest BCUT2D eigenvalue weighted by Crippen LogP contribution is 2.44. The molecule has 5 rings (SSSR count). The summed E-state index contributed by atoms with van der Waals surface area (Å²) in [6.07, 6.45) is -0.650. The van der Waals surface area contributed by atoms with Gasteiger partial charge in [0.15, 0.2) is 5.82 Å². The Labute approximate surface area is 203 Å². The first kappa shape index (κ1) is 23.1. The Morgan fingerprint density at radius 3 is 2.46 bits per heavy atom. The molecule has 11 heteroatoms. The molecule has 1 aromatic heterocycles. The quantitative estimate of drug-likeness (QED) is 0.550. The monoisotopic (exact) mass is 502 g/mol. The van der Waals surface area contributed by atoms with Gasteiger partial charge in [-0.15, -0.1) is 0 Å². The number of benzene rings is 2. The number of hydrogen-bond donors (Lipinski definition) is 2. The minimum absolute atomic E-state index is 0.0983. The molecule has 0 bridgehead atoms. The summed E-state index contributed by atoms with van der Waals surface area (Å²) in [7, 11) is 1.67. The second-order valence-electron chi connectivity index (χ2n) is 8.59. The standard InChI is InChI=1S/C24H21ClF2N4O4/c1-29-6-5-15-19(23(29)33)22(30-7-9-31(10-8-30)24(34)35)12-11-13(25)17(20(27)21(12)28-15)18-14(26)3-2-4-16(18)32/h2-4,11,32H,5-10H2,1H3,(H,34,35). The zero-order valence-electron chi connectivity index (χ0n) is 18.7. The number of hydrogen-bond acceptors (Lipinski definition) is 5. The molecular weight excluding hydrogens is 482 g/mol. The summed E-state index contributed by atoms with van der Waals surface area (Å²) in [4.78, 5) is 33.7. The molecule has 1 saturated heterocycles. The molecule has 0 unspecified atom stereocenters. The summed E-state index contributed by atoms with van der Waals surface area (Å²) in [6, 6.07) is 5.06. The van der Waals surface area contributed by atoms with Gasteiger partial charge in [-0.25, -0.2) is 18.6 Å². The number of rotatable bonds is 2. The minimum atomic E-state index is -1.04. The van der Waals surface area contributed by atoms with Gasteiger partial charge in [-0.05, 0) is 18.2 Å². The van der Waals surface area contributed by atoms with Crippen molar-refractivity contribution in [2.24, 2.45) is 0 Å². The highest BCUT2D eigenvalue weighted by Gasteiger charge is 2.34. The summed E-state index contributed by atoms with van der Waals surface area (Å²) in [5.41, 5.74) is 0.371. The molecule has 35 heavy (non-hydrogen) atoms. The van der Waals surface area contributed by atoms with E-state index in [1.165, 1.54) is 23.1 Å².